The summed E-state index contributed by atoms with van der Waals surface area (Å²) in [6, 6.07) is 6.96. The molecule has 2 unspecified atom stereocenters. The van der Waals surface area contributed by atoms with Crippen molar-refractivity contribution >= 4 is 6.09 Å². The molecule has 0 aliphatic rings. The van der Waals surface area contributed by atoms with Crippen LogP contribution in [0.15, 0.2) is 24.3 Å². The molecule has 0 spiro atoms. The van der Waals surface area contributed by atoms with Gasteiger partial charge in [0.05, 0.1) is 0 Å². The summed E-state index contributed by atoms with van der Waals surface area (Å²) >= 11 is 0. The summed E-state index contributed by atoms with van der Waals surface area (Å²) in [4.78, 5) is 11.5. The molecular formula is C15H24N2O4. The van der Waals surface area contributed by atoms with Crippen molar-refractivity contribution in [2.45, 2.75) is 45.1 Å². The number of aliphatic hydroxyl groups excluding tert-OH is 2. The first-order valence-electron chi connectivity index (χ1n) is 6.85. The lowest BCUT2D eigenvalue weighted by Crippen LogP contribution is -2.38. The molecule has 118 valence electrons. The molecular weight excluding hydrogens is 272 g/mol. The Balaban J connectivity index is 2.50. The number of hydrogen-bond donors (Lipinski definition) is 4. The van der Waals surface area contributed by atoms with Crippen molar-refractivity contribution in [2.24, 2.45) is 5.73 Å². The maximum Gasteiger partial charge on any atom is 0.407 e. The van der Waals surface area contributed by atoms with Gasteiger partial charge in [0.25, 0.3) is 0 Å². The molecule has 0 heterocycles. The normalized spacial score (nSPS) is 14.4. The summed E-state index contributed by atoms with van der Waals surface area (Å²) in [5.74, 6) is 0. The predicted octanol–water partition coefficient (Wildman–Crippen LogP) is 1.06. The number of alkyl carbamates (subject to hydrolysis) is 1. The number of aliphatic hydroxyl groups is 2. The van der Waals surface area contributed by atoms with Crippen molar-refractivity contribution in [3.05, 3.63) is 35.4 Å². The second-order valence-corrected chi connectivity index (χ2v) is 5.84. The Labute approximate surface area is 124 Å². The van der Waals surface area contributed by atoms with E-state index in [-0.39, 0.29) is 6.54 Å². The number of carbonyl (C=O) groups is 1. The van der Waals surface area contributed by atoms with Crippen molar-refractivity contribution in [3.63, 3.8) is 0 Å². The van der Waals surface area contributed by atoms with Gasteiger partial charge in [0.15, 0.2) is 0 Å². The molecule has 0 saturated carbocycles. The first-order chi connectivity index (χ1) is 9.73. The van der Waals surface area contributed by atoms with Gasteiger partial charge in [-0.25, -0.2) is 4.79 Å². The van der Waals surface area contributed by atoms with E-state index in [4.69, 9.17) is 10.5 Å². The number of hydrogen-bond acceptors (Lipinski definition) is 5. The van der Waals surface area contributed by atoms with Crippen LogP contribution in [0, 0.1) is 0 Å². The summed E-state index contributed by atoms with van der Waals surface area (Å²) in [5.41, 5.74) is 6.39. The Hall–Kier alpha value is -1.63. The molecule has 0 aliphatic carbocycles. The third-order valence-corrected chi connectivity index (χ3v) is 2.78. The van der Waals surface area contributed by atoms with Crippen molar-refractivity contribution in [3.8, 4) is 0 Å². The molecule has 0 radical (unpaired) electrons. The van der Waals surface area contributed by atoms with Crippen LogP contribution in [-0.2, 0) is 11.3 Å². The fourth-order valence-corrected chi connectivity index (χ4v) is 1.69. The van der Waals surface area contributed by atoms with Crippen LogP contribution in [0.3, 0.4) is 0 Å². The van der Waals surface area contributed by atoms with Gasteiger partial charge in [0.2, 0.25) is 0 Å². The zero-order valence-corrected chi connectivity index (χ0v) is 12.7. The smallest absolute Gasteiger partial charge is 0.407 e. The van der Waals surface area contributed by atoms with Crippen molar-refractivity contribution in [2.75, 3.05) is 6.54 Å². The molecule has 1 amide bonds. The van der Waals surface area contributed by atoms with Crippen LogP contribution in [-0.4, -0.2) is 34.6 Å². The van der Waals surface area contributed by atoms with Crippen LogP contribution in [0.2, 0.25) is 0 Å². The summed E-state index contributed by atoms with van der Waals surface area (Å²) in [5, 5.41) is 22.3. The number of nitrogens with one attached hydrogen (secondary N) is 1. The largest absolute Gasteiger partial charge is 0.444 e. The number of amides is 1. The zero-order chi connectivity index (χ0) is 16.0. The fraction of sp³-hybridized carbons (Fsp3) is 0.533. The standard InChI is InChI=1S/C15H24N2O4/c1-15(2,3)21-14(20)17-9-12(18)13(19)11-6-4-10(8-16)5-7-11/h4-7,12-13,18-19H,8-9,16H2,1-3H3,(H,17,20). The minimum Gasteiger partial charge on any atom is -0.444 e. The van der Waals surface area contributed by atoms with E-state index < -0.39 is 23.9 Å². The molecule has 0 bridgehead atoms. The predicted molar refractivity (Wildman–Crippen MR) is 79.5 cm³/mol. The van der Waals surface area contributed by atoms with E-state index in [1.54, 1.807) is 45.0 Å². The number of benzene rings is 1. The van der Waals surface area contributed by atoms with Gasteiger partial charge in [-0.05, 0) is 31.9 Å². The fourth-order valence-electron chi connectivity index (χ4n) is 1.69. The third-order valence-electron chi connectivity index (χ3n) is 2.78. The molecule has 0 aromatic heterocycles. The van der Waals surface area contributed by atoms with Gasteiger partial charge in [-0.15, -0.1) is 0 Å². The highest BCUT2D eigenvalue weighted by molar-refractivity contribution is 5.67. The molecule has 0 fully saturated rings. The van der Waals surface area contributed by atoms with Gasteiger partial charge in [0, 0.05) is 13.1 Å². The second kappa shape index (κ2) is 7.40. The third kappa shape index (κ3) is 6.12. The SMILES string of the molecule is CC(C)(C)OC(=O)NCC(O)C(O)c1ccc(CN)cc1. The Morgan fingerprint density at radius 2 is 1.86 bits per heavy atom. The van der Waals surface area contributed by atoms with Gasteiger partial charge in [-0.2, -0.15) is 0 Å². The first kappa shape index (κ1) is 17.4. The van der Waals surface area contributed by atoms with Crippen molar-refractivity contribution < 1.29 is 19.7 Å². The van der Waals surface area contributed by atoms with E-state index in [0.717, 1.165) is 5.56 Å². The number of nitrogens with two attached hydrogens (primary N) is 1. The maximum absolute atomic E-state index is 11.5. The molecule has 21 heavy (non-hydrogen) atoms. The highest BCUT2D eigenvalue weighted by Crippen LogP contribution is 2.17. The lowest BCUT2D eigenvalue weighted by Gasteiger charge is -2.22. The lowest BCUT2D eigenvalue weighted by atomic mass is 10.0. The van der Waals surface area contributed by atoms with Crippen LogP contribution in [0.4, 0.5) is 4.79 Å². The van der Waals surface area contributed by atoms with Crippen LogP contribution < -0.4 is 11.1 Å². The molecule has 5 N–H and O–H groups in total. The summed E-state index contributed by atoms with van der Waals surface area (Å²) < 4.78 is 5.05. The minimum atomic E-state index is -1.12. The Morgan fingerprint density at radius 1 is 1.29 bits per heavy atom. The summed E-state index contributed by atoms with van der Waals surface area (Å²) in [7, 11) is 0. The monoisotopic (exact) mass is 296 g/mol. The van der Waals surface area contributed by atoms with Gasteiger partial charge >= 0.3 is 6.09 Å². The molecule has 6 heteroatoms. The van der Waals surface area contributed by atoms with Gasteiger partial charge in [-0.1, -0.05) is 24.3 Å². The topological polar surface area (TPSA) is 105 Å². The van der Waals surface area contributed by atoms with E-state index in [1.165, 1.54) is 0 Å². The highest BCUT2D eigenvalue weighted by atomic mass is 16.6. The van der Waals surface area contributed by atoms with Crippen LogP contribution in [0.1, 0.15) is 38.0 Å². The molecule has 2 atom stereocenters. The summed E-state index contributed by atoms with van der Waals surface area (Å²) in [6.07, 6.45) is -2.85. The molecule has 1 aromatic carbocycles. The number of carbonyl (C=O) groups excluding carboxylic acids is 1. The molecule has 1 aromatic rings. The Bertz CT molecular complexity index is 454. The second-order valence-electron chi connectivity index (χ2n) is 5.84. The van der Waals surface area contributed by atoms with E-state index >= 15 is 0 Å². The van der Waals surface area contributed by atoms with Crippen molar-refractivity contribution in [1.82, 2.24) is 5.32 Å². The Kier molecular flexibility index (Phi) is 6.14. The lowest BCUT2D eigenvalue weighted by molar-refractivity contribution is 0.0129. The van der Waals surface area contributed by atoms with E-state index in [0.29, 0.717) is 12.1 Å². The van der Waals surface area contributed by atoms with Crippen LogP contribution in [0.25, 0.3) is 0 Å². The first-order valence-corrected chi connectivity index (χ1v) is 6.85. The molecule has 0 saturated heterocycles. The maximum atomic E-state index is 11.5. The van der Waals surface area contributed by atoms with E-state index in [1.807, 2.05) is 0 Å². The van der Waals surface area contributed by atoms with E-state index in [9.17, 15) is 15.0 Å². The molecule has 0 aliphatic heterocycles. The van der Waals surface area contributed by atoms with E-state index in [2.05, 4.69) is 5.32 Å². The molecule has 1 rings (SSSR count). The highest BCUT2D eigenvalue weighted by Gasteiger charge is 2.21. The molecule has 6 nitrogen and oxygen atoms in total. The van der Waals surface area contributed by atoms with Gasteiger partial charge in [0.1, 0.15) is 17.8 Å². The quantitative estimate of drug-likeness (QED) is 0.650. The summed E-state index contributed by atoms with van der Waals surface area (Å²) in [6.45, 7) is 5.55. The average molecular weight is 296 g/mol. The van der Waals surface area contributed by atoms with Crippen LogP contribution in [0.5, 0.6) is 0 Å². The van der Waals surface area contributed by atoms with Crippen LogP contribution >= 0.6 is 0 Å². The van der Waals surface area contributed by atoms with Gasteiger partial charge < -0.3 is 26.0 Å². The minimum absolute atomic E-state index is 0.102. The number of ether oxygens (including phenoxy) is 1. The average Bonchev–Trinajstić information content (AvgIpc) is 2.42. The van der Waals surface area contributed by atoms with Crippen molar-refractivity contribution in [1.29, 1.82) is 0 Å². The Morgan fingerprint density at radius 3 is 2.33 bits per heavy atom. The zero-order valence-electron chi connectivity index (χ0n) is 12.7. The van der Waals surface area contributed by atoms with Gasteiger partial charge in [-0.3, -0.25) is 0 Å². The number of rotatable bonds is 5.